The first-order valence-corrected chi connectivity index (χ1v) is 21.5. The van der Waals surface area contributed by atoms with Crippen LogP contribution in [0.5, 0.6) is 0 Å². The summed E-state index contributed by atoms with van der Waals surface area (Å²) in [5.74, 6) is -1.76. The summed E-state index contributed by atoms with van der Waals surface area (Å²) in [6.45, 7) is -2.29. The van der Waals surface area contributed by atoms with E-state index < -0.39 is 105 Å². The fourth-order valence-corrected chi connectivity index (χ4v) is 7.28. The van der Waals surface area contributed by atoms with E-state index in [1.807, 2.05) is 0 Å². The van der Waals surface area contributed by atoms with Crippen LogP contribution < -0.4 is 0 Å². The Balaban J connectivity index is 1.53. The lowest BCUT2D eigenvalue weighted by molar-refractivity contribution is -0.378. The minimum atomic E-state index is -1.79. The van der Waals surface area contributed by atoms with Crippen molar-refractivity contribution in [3.05, 3.63) is 108 Å². The van der Waals surface area contributed by atoms with E-state index in [-0.39, 0.29) is 12.6 Å². The van der Waals surface area contributed by atoms with E-state index in [9.17, 15) is 27.3 Å². The predicted octanol–water partition coefficient (Wildman–Crippen LogP) is 5.91. The number of carbonyl (C=O) groups is 3. The zero-order chi connectivity index (χ0) is 47.6. The Bertz CT molecular complexity index is 1890. The molecule has 0 saturated carbocycles. The molecule has 2 aliphatic rings. The summed E-state index contributed by atoms with van der Waals surface area (Å²) in [7, 11) is 1.35. The Labute approximate surface area is 378 Å². The Hall–Kier alpha value is -4.00. The zero-order valence-electron chi connectivity index (χ0n) is 38.7. The van der Waals surface area contributed by atoms with Crippen LogP contribution in [0.4, 0.5) is 0 Å². The molecule has 0 radical (unpaired) electrons. The third-order valence-electron chi connectivity index (χ3n) is 10.2. The van der Waals surface area contributed by atoms with Crippen LogP contribution in [0, 0.1) is 0 Å². The van der Waals surface area contributed by atoms with E-state index in [0.717, 1.165) is 32.6 Å². The lowest BCUT2D eigenvalue weighted by atomic mass is 9.96. The molecule has 0 spiro atoms. The van der Waals surface area contributed by atoms with Crippen LogP contribution in [0.2, 0.25) is 0 Å². The number of rotatable bonds is 25. The number of benzene rings is 3. The van der Waals surface area contributed by atoms with Crippen molar-refractivity contribution in [2.24, 2.45) is 0 Å². The van der Waals surface area contributed by atoms with Gasteiger partial charge in [-0.15, -0.1) is 0 Å². The molecule has 2 saturated heterocycles. The zero-order valence-corrected chi connectivity index (χ0v) is 36.4. The number of ether oxygens (including phenoxy) is 10. The molecule has 0 amide bonds. The Morgan fingerprint density at radius 1 is 0.667 bits per heavy atom. The van der Waals surface area contributed by atoms with Crippen molar-refractivity contribution in [2.75, 3.05) is 20.3 Å². The molecule has 2 aliphatic heterocycles. The summed E-state index contributed by atoms with van der Waals surface area (Å²) >= 11 is 6.10. The summed E-state index contributed by atoms with van der Waals surface area (Å²) in [6, 6.07) is 25.8. The summed E-state index contributed by atoms with van der Waals surface area (Å²) in [5, 5.41) is 22.1. The third-order valence-corrected chi connectivity index (χ3v) is 10.5. The average molecular weight is 904 g/mol. The molecule has 63 heavy (non-hydrogen) atoms. The van der Waals surface area contributed by atoms with Crippen molar-refractivity contribution in [3.63, 3.8) is 0 Å². The molecule has 346 valence electrons. The van der Waals surface area contributed by atoms with Crippen molar-refractivity contribution in [2.45, 2.75) is 146 Å². The van der Waals surface area contributed by atoms with Crippen LogP contribution in [-0.4, -0.2) is 115 Å². The van der Waals surface area contributed by atoms with E-state index >= 15 is 0 Å². The van der Waals surface area contributed by atoms with Crippen LogP contribution >= 0.6 is 11.6 Å². The van der Waals surface area contributed by atoms with Crippen molar-refractivity contribution in [1.29, 1.82) is 0 Å². The lowest BCUT2D eigenvalue weighted by Gasteiger charge is -2.49. The fraction of sp³-hybridized carbons (Fsp3) is 0.553. The maximum absolute atomic E-state index is 12.7. The van der Waals surface area contributed by atoms with Gasteiger partial charge in [-0.1, -0.05) is 128 Å². The van der Waals surface area contributed by atoms with Gasteiger partial charge in [0, 0.05) is 26.9 Å². The van der Waals surface area contributed by atoms with E-state index in [1.54, 1.807) is 91.0 Å². The number of carbonyl (C=O) groups excluding carboxylic acids is 3. The minimum absolute atomic E-state index is 0.0770. The SMILES string of the molecule is [2H]C(O[C@H]1[C@H](OC([2H])c2ccccc2)[C@@H](OC([2H])c2ccccc2)C(O[C@H]2[C@@H](OCCCCCCCCC(=O)OC)O[C@H](C(O)Cl)[C@@H](O)[C@@H]2OC(C)=O)O[C@@H]1COC(C)=O)c1ccccc1. The quantitative estimate of drug-likeness (QED) is 0.0443. The number of methoxy groups -OCH3 is 1. The number of unbranched alkanes of at least 4 members (excludes halogenated alkanes) is 5. The van der Waals surface area contributed by atoms with Gasteiger partial charge in [-0.2, -0.15) is 0 Å². The van der Waals surface area contributed by atoms with Gasteiger partial charge >= 0.3 is 17.9 Å². The Morgan fingerprint density at radius 2 is 1.19 bits per heavy atom. The second-order valence-electron chi connectivity index (χ2n) is 15.1. The molecule has 14 atom stereocenters. The van der Waals surface area contributed by atoms with Crippen molar-refractivity contribution >= 4 is 29.5 Å². The number of hydrogen-bond acceptors (Lipinski definition) is 15. The molecule has 0 aliphatic carbocycles. The number of halogens is 1. The molecule has 3 aromatic carbocycles. The lowest BCUT2D eigenvalue weighted by Crippen LogP contribution is -2.66. The number of aliphatic hydroxyl groups is 2. The Morgan fingerprint density at radius 3 is 1.71 bits per heavy atom. The van der Waals surface area contributed by atoms with Gasteiger partial charge < -0.3 is 57.6 Å². The topological polar surface area (TPSA) is 184 Å². The first kappa shape index (κ1) is 45.6. The maximum Gasteiger partial charge on any atom is 0.305 e. The number of aliphatic hydroxyl groups excluding tert-OH is 2. The molecule has 5 unspecified atom stereocenters. The second-order valence-corrected chi connectivity index (χ2v) is 15.5. The molecule has 0 bridgehead atoms. The van der Waals surface area contributed by atoms with Crippen molar-refractivity contribution < 1.29 is 76.1 Å². The van der Waals surface area contributed by atoms with Crippen LogP contribution in [0.3, 0.4) is 0 Å². The highest BCUT2D eigenvalue weighted by Gasteiger charge is 2.55. The summed E-state index contributed by atoms with van der Waals surface area (Å²) < 4.78 is 88.4. The van der Waals surface area contributed by atoms with Gasteiger partial charge in [0.25, 0.3) is 0 Å². The summed E-state index contributed by atoms with van der Waals surface area (Å²) in [5.41, 5.74) is -0.477. The standard InChI is InChI=1S/C47H61ClO15/c1-31(49)56-30-36-39(57-27-33-19-11-8-12-20-33)42(58-28-34-21-13-9-14-22-34)43(59-29-35-23-15-10-16-24-35)47(61-36)63-44-40(60-32(2)50)38(52)41(45(48)53)62-46(44)55-26-18-7-5-4-6-17-25-37(51)54-3/h8-16,19-24,36,38-47,52-53H,4-7,17-18,25-30H2,1-3H3/t36-,38+,39-,40+,41+,42+,43-,44-,45?,46+,47?/m1/s1/i27D,28D,29D/t27?,28?,29?,36-,38+,39-,40+,41+,42+,43-,44-,45?,46+,47?. The van der Waals surface area contributed by atoms with Crippen molar-refractivity contribution in [1.82, 2.24) is 0 Å². The molecule has 0 aromatic heterocycles. The van der Waals surface area contributed by atoms with Gasteiger partial charge in [-0.05, 0) is 29.5 Å². The summed E-state index contributed by atoms with van der Waals surface area (Å²) in [4.78, 5) is 36.5. The van der Waals surface area contributed by atoms with Gasteiger partial charge in [0.1, 0.15) is 43.2 Å². The largest absolute Gasteiger partial charge is 0.469 e. The molecule has 16 heteroatoms. The number of hydrogen-bond donors (Lipinski definition) is 2. The van der Waals surface area contributed by atoms with Crippen LogP contribution in [-0.2, 0) is 81.5 Å². The van der Waals surface area contributed by atoms with Crippen LogP contribution in [0.15, 0.2) is 91.0 Å². The van der Waals surface area contributed by atoms with Gasteiger partial charge in [-0.3, -0.25) is 14.4 Å². The number of esters is 3. The highest BCUT2D eigenvalue weighted by atomic mass is 35.5. The first-order chi connectivity index (χ1) is 31.8. The monoisotopic (exact) mass is 903 g/mol. The average Bonchev–Trinajstić information content (AvgIpc) is 3.31. The second kappa shape index (κ2) is 26.7. The highest BCUT2D eigenvalue weighted by Crippen LogP contribution is 2.36. The third kappa shape index (κ3) is 16.2. The molecule has 3 aromatic rings. The normalized spacial score (nSPS) is 28.6. The first-order valence-electron chi connectivity index (χ1n) is 22.8. The van der Waals surface area contributed by atoms with Crippen LogP contribution in [0.25, 0.3) is 0 Å². The smallest absolute Gasteiger partial charge is 0.305 e. The molecular weight excluding hydrogens is 840 g/mol. The van der Waals surface area contributed by atoms with E-state index in [2.05, 4.69) is 0 Å². The predicted molar refractivity (Wildman–Crippen MR) is 228 cm³/mol. The maximum atomic E-state index is 12.7. The van der Waals surface area contributed by atoms with Crippen molar-refractivity contribution in [3.8, 4) is 0 Å². The van der Waals surface area contributed by atoms with Gasteiger partial charge in [0.2, 0.25) is 0 Å². The summed E-state index contributed by atoms with van der Waals surface area (Å²) in [6.07, 6.45) is -10.4. The molecule has 2 N–H and O–H groups in total. The molecular formula is C47H61ClO15. The molecule has 5 rings (SSSR count). The molecule has 15 nitrogen and oxygen atoms in total. The fourth-order valence-electron chi connectivity index (χ4n) is 7.07. The molecule has 2 fully saturated rings. The van der Waals surface area contributed by atoms with Crippen LogP contribution in [0.1, 0.15) is 79.6 Å². The highest BCUT2D eigenvalue weighted by molar-refractivity contribution is 6.19. The Kier molecular flexibility index (Phi) is 19.3. The number of alkyl halides is 1. The van der Waals surface area contributed by atoms with Gasteiger partial charge in [0.15, 0.2) is 30.4 Å². The molecule has 2 heterocycles. The van der Waals surface area contributed by atoms with E-state index in [4.69, 9.17) is 60.3 Å². The van der Waals surface area contributed by atoms with E-state index in [0.29, 0.717) is 36.0 Å². The minimum Gasteiger partial charge on any atom is -0.469 e. The van der Waals surface area contributed by atoms with Gasteiger partial charge in [-0.25, -0.2) is 0 Å². The van der Waals surface area contributed by atoms with Gasteiger partial charge in [0.05, 0.1) is 31.0 Å². The van der Waals surface area contributed by atoms with E-state index in [1.165, 1.54) is 14.0 Å².